The summed E-state index contributed by atoms with van der Waals surface area (Å²) in [6.07, 6.45) is -1.16. The number of aryl methyl sites for hydroxylation is 2. The van der Waals surface area contributed by atoms with E-state index in [9.17, 15) is 9.90 Å². The lowest BCUT2D eigenvalue weighted by atomic mass is 9.91. The summed E-state index contributed by atoms with van der Waals surface area (Å²) in [5, 5.41) is 17.9. The van der Waals surface area contributed by atoms with Gasteiger partial charge in [0.05, 0.1) is 40.6 Å². The number of carbonyl (C=O) groups is 1. The quantitative estimate of drug-likeness (QED) is 0.210. The fraction of sp³-hybridized carbons (Fsp3) is 0.400. The van der Waals surface area contributed by atoms with Gasteiger partial charge < -0.3 is 19.5 Å². The molecule has 1 unspecified atom stereocenters. The van der Waals surface area contributed by atoms with Gasteiger partial charge in [-0.25, -0.2) is 9.78 Å². The van der Waals surface area contributed by atoms with E-state index < -0.39 is 17.7 Å². The molecule has 2 fully saturated rings. The number of halogens is 1. The molecule has 0 spiro atoms. The van der Waals surface area contributed by atoms with E-state index in [0.29, 0.717) is 16.6 Å². The monoisotopic (exact) mass is 659 g/mol. The summed E-state index contributed by atoms with van der Waals surface area (Å²) < 4.78 is 14.8. The topological polar surface area (TPSA) is 93.0 Å². The summed E-state index contributed by atoms with van der Waals surface area (Å²) in [6.45, 7) is 12.9. The van der Waals surface area contributed by atoms with E-state index in [2.05, 4.69) is 28.0 Å². The average molecular weight is 660 g/mol. The van der Waals surface area contributed by atoms with Crippen LogP contribution >= 0.6 is 22.9 Å². The Kier molecular flexibility index (Phi) is 8.05. The van der Waals surface area contributed by atoms with Crippen molar-refractivity contribution in [3.8, 4) is 21.7 Å². The lowest BCUT2D eigenvalue weighted by Crippen LogP contribution is -2.58. The Balaban J connectivity index is 1.36. The minimum atomic E-state index is -1.16. The SMILES string of the molecule is Cc1cc2nc(-c3ccc4c(c3)c(N3CCN5CCOC[C@@H]5C3)nn4C)sc2c(-c2ccc(Cl)cc2)c1C(OC(C)(C)C)C(=O)O. The molecule has 2 saturated heterocycles. The molecule has 2 atom stereocenters. The molecule has 0 amide bonds. The Morgan fingerprint density at radius 1 is 1.11 bits per heavy atom. The Hall–Kier alpha value is -3.54. The molecule has 2 aromatic heterocycles. The number of carboxylic acid groups (broad SMARTS) is 1. The third-order valence-corrected chi connectivity index (χ3v) is 10.2. The van der Waals surface area contributed by atoms with Gasteiger partial charge in [0.15, 0.2) is 11.9 Å². The zero-order valence-electron chi connectivity index (χ0n) is 26.7. The minimum absolute atomic E-state index is 0.368. The molecule has 3 aromatic carbocycles. The first kappa shape index (κ1) is 31.1. The van der Waals surface area contributed by atoms with Gasteiger partial charge in [-0.2, -0.15) is 5.10 Å². The predicted octanol–water partition coefficient (Wildman–Crippen LogP) is 6.94. The summed E-state index contributed by atoms with van der Waals surface area (Å²) >= 11 is 7.84. The van der Waals surface area contributed by atoms with E-state index >= 15 is 0 Å². The molecule has 9 nitrogen and oxygen atoms in total. The molecule has 240 valence electrons. The first-order valence-corrected chi connectivity index (χ1v) is 16.8. The molecule has 0 radical (unpaired) electrons. The van der Waals surface area contributed by atoms with Crippen LogP contribution in [0, 0.1) is 6.92 Å². The summed E-state index contributed by atoms with van der Waals surface area (Å²) in [5.41, 5.74) is 5.30. The minimum Gasteiger partial charge on any atom is -0.479 e. The molecule has 46 heavy (non-hydrogen) atoms. The summed E-state index contributed by atoms with van der Waals surface area (Å²) in [7, 11) is 1.99. The Morgan fingerprint density at radius 3 is 2.61 bits per heavy atom. The smallest absolute Gasteiger partial charge is 0.337 e. The second-order valence-electron chi connectivity index (χ2n) is 13.2. The van der Waals surface area contributed by atoms with Gasteiger partial charge in [-0.05, 0) is 75.2 Å². The van der Waals surface area contributed by atoms with Gasteiger partial charge in [0.1, 0.15) is 5.01 Å². The maximum atomic E-state index is 12.7. The molecule has 7 rings (SSSR count). The second-order valence-corrected chi connectivity index (χ2v) is 14.6. The van der Waals surface area contributed by atoms with Gasteiger partial charge >= 0.3 is 5.97 Å². The van der Waals surface area contributed by atoms with Crippen LogP contribution in [0.3, 0.4) is 0 Å². The molecule has 0 saturated carbocycles. The van der Waals surface area contributed by atoms with Crippen molar-refractivity contribution in [1.29, 1.82) is 0 Å². The summed E-state index contributed by atoms with van der Waals surface area (Å²) in [5.74, 6) is -0.0539. The van der Waals surface area contributed by atoms with Crippen molar-refractivity contribution in [3.05, 3.63) is 64.7 Å². The van der Waals surface area contributed by atoms with Crippen LogP contribution in [0.5, 0.6) is 0 Å². The molecule has 5 aromatic rings. The number of hydrogen-bond donors (Lipinski definition) is 1. The van der Waals surface area contributed by atoms with Gasteiger partial charge in [0, 0.05) is 60.3 Å². The zero-order valence-corrected chi connectivity index (χ0v) is 28.3. The van der Waals surface area contributed by atoms with Gasteiger partial charge in [-0.15, -0.1) is 11.3 Å². The van der Waals surface area contributed by atoms with Crippen LogP contribution < -0.4 is 4.90 Å². The second kappa shape index (κ2) is 11.9. The Morgan fingerprint density at radius 2 is 1.87 bits per heavy atom. The number of benzene rings is 3. The van der Waals surface area contributed by atoms with Crippen molar-refractivity contribution in [3.63, 3.8) is 0 Å². The normalized spacial score (nSPS) is 18.3. The molecule has 2 aliphatic rings. The molecule has 0 aliphatic carbocycles. The Bertz CT molecular complexity index is 1950. The van der Waals surface area contributed by atoms with Gasteiger partial charge in [-0.1, -0.05) is 23.7 Å². The molecule has 0 bridgehead atoms. The zero-order chi connectivity index (χ0) is 32.3. The lowest BCUT2D eigenvalue weighted by molar-refractivity contribution is -0.160. The fourth-order valence-electron chi connectivity index (χ4n) is 6.71. The van der Waals surface area contributed by atoms with Crippen molar-refractivity contribution in [1.82, 2.24) is 19.7 Å². The predicted molar refractivity (Wildman–Crippen MR) is 184 cm³/mol. The van der Waals surface area contributed by atoms with Gasteiger partial charge in [0.25, 0.3) is 0 Å². The first-order chi connectivity index (χ1) is 22.0. The third kappa shape index (κ3) is 5.77. The van der Waals surface area contributed by atoms with Crippen molar-refractivity contribution in [2.24, 2.45) is 7.05 Å². The van der Waals surface area contributed by atoms with Crippen LogP contribution in [0.1, 0.15) is 38.0 Å². The van der Waals surface area contributed by atoms with Crippen molar-refractivity contribution < 1.29 is 19.4 Å². The van der Waals surface area contributed by atoms with Crippen molar-refractivity contribution in [2.75, 3.05) is 44.3 Å². The summed E-state index contributed by atoms with van der Waals surface area (Å²) in [4.78, 5) is 22.7. The molecule has 11 heteroatoms. The standard InChI is InChI=1S/C35H38ClN5O4S/c1-20-16-26-31(29(21-6-9-23(36)10-7-21)28(20)30(34(42)43)45-35(2,3)4)46-33(37-26)22-8-11-27-25(17-22)32(38-39(27)5)41-13-12-40-14-15-44-19-24(40)18-41/h6-11,16-17,24,30H,12-15,18-19H2,1-5H3,(H,42,43)/t24-,30?/m0/s1. The number of fused-ring (bicyclic) bond motifs is 3. The maximum absolute atomic E-state index is 12.7. The number of anilines is 1. The number of aromatic nitrogens is 3. The third-order valence-electron chi connectivity index (χ3n) is 8.83. The van der Waals surface area contributed by atoms with Crippen molar-refractivity contribution >= 4 is 55.8 Å². The van der Waals surface area contributed by atoms with Crippen LogP contribution in [-0.2, 0) is 21.3 Å². The van der Waals surface area contributed by atoms with E-state index in [1.165, 1.54) is 0 Å². The summed E-state index contributed by atoms with van der Waals surface area (Å²) in [6, 6.07) is 16.3. The number of aliphatic carboxylic acids is 1. The highest BCUT2D eigenvalue weighted by Gasteiger charge is 2.33. The van der Waals surface area contributed by atoms with Crippen molar-refractivity contribution in [2.45, 2.75) is 45.4 Å². The molecule has 2 aliphatic heterocycles. The fourth-order valence-corrected chi connectivity index (χ4v) is 7.96. The van der Waals surface area contributed by atoms with Gasteiger partial charge in [-0.3, -0.25) is 9.58 Å². The highest BCUT2D eigenvalue weighted by Crippen LogP contribution is 2.45. The molecule has 1 N–H and O–H groups in total. The number of nitrogens with zero attached hydrogens (tertiary/aromatic N) is 5. The van der Waals surface area contributed by atoms with Gasteiger partial charge in [0.2, 0.25) is 0 Å². The number of piperazine rings is 1. The Labute approximate surface area is 277 Å². The lowest BCUT2D eigenvalue weighted by Gasteiger charge is -2.43. The van der Waals surface area contributed by atoms with Crippen LogP contribution in [0.15, 0.2) is 48.5 Å². The maximum Gasteiger partial charge on any atom is 0.337 e. The highest BCUT2D eigenvalue weighted by molar-refractivity contribution is 7.22. The number of ether oxygens (including phenoxy) is 2. The van der Waals surface area contributed by atoms with E-state index in [0.717, 1.165) is 93.6 Å². The van der Waals surface area contributed by atoms with E-state index in [-0.39, 0.29) is 0 Å². The van der Waals surface area contributed by atoms with Crippen LogP contribution in [-0.4, -0.2) is 81.8 Å². The number of rotatable bonds is 6. The molecular formula is C35H38ClN5O4S. The number of carboxylic acids is 1. The molecule has 4 heterocycles. The molecular weight excluding hydrogens is 622 g/mol. The van der Waals surface area contributed by atoms with E-state index in [4.69, 9.17) is 31.2 Å². The number of thiazole rings is 1. The number of hydrogen-bond acceptors (Lipinski definition) is 8. The first-order valence-electron chi connectivity index (χ1n) is 15.6. The van der Waals surface area contributed by atoms with Crippen LogP contribution in [0.4, 0.5) is 5.82 Å². The largest absolute Gasteiger partial charge is 0.479 e. The highest BCUT2D eigenvalue weighted by atomic mass is 35.5. The van der Waals surface area contributed by atoms with E-state index in [1.54, 1.807) is 11.3 Å². The van der Waals surface area contributed by atoms with Crippen LogP contribution in [0.25, 0.3) is 42.8 Å². The average Bonchev–Trinajstić information content (AvgIpc) is 3.59. The van der Waals surface area contributed by atoms with E-state index in [1.807, 2.05) is 69.8 Å². The number of morpholine rings is 1. The van der Waals surface area contributed by atoms with Crippen LogP contribution in [0.2, 0.25) is 5.02 Å².